The average molecular weight is 379 g/mol. The molecule has 1 aliphatic rings. The third kappa shape index (κ3) is 4.48. The zero-order chi connectivity index (χ0) is 17.6. The molecule has 0 aliphatic carbocycles. The van der Waals surface area contributed by atoms with Crippen molar-refractivity contribution >= 4 is 34.5 Å². The van der Waals surface area contributed by atoms with Crippen LogP contribution in [0.2, 0.25) is 0 Å². The number of hydrogen-bond donors (Lipinski definition) is 3. The molecule has 0 spiro atoms. The van der Waals surface area contributed by atoms with E-state index in [4.69, 9.17) is 0 Å². The Morgan fingerprint density at radius 3 is 2.84 bits per heavy atom. The molecule has 2 atom stereocenters. The van der Waals surface area contributed by atoms with E-state index in [-0.39, 0.29) is 24.4 Å². The van der Waals surface area contributed by atoms with Gasteiger partial charge in [-0.15, -0.1) is 22.7 Å². The SMILES string of the molecule is CCCNC(=O)CNC(=O)C[NH+]1CCc2sccc2[C@H]1c1cccs1. The van der Waals surface area contributed by atoms with Crippen LogP contribution in [0.5, 0.6) is 0 Å². The minimum absolute atomic E-state index is 0.0550. The minimum Gasteiger partial charge on any atom is -0.355 e. The Morgan fingerprint density at radius 1 is 1.20 bits per heavy atom. The van der Waals surface area contributed by atoms with E-state index in [0.29, 0.717) is 13.1 Å². The molecule has 0 saturated heterocycles. The Balaban J connectivity index is 1.63. The Labute approximate surface area is 156 Å². The maximum absolute atomic E-state index is 12.3. The minimum atomic E-state index is -0.126. The molecule has 2 aromatic rings. The molecule has 25 heavy (non-hydrogen) atoms. The van der Waals surface area contributed by atoms with Gasteiger partial charge in [0.15, 0.2) is 6.54 Å². The standard InChI is InChI=1S/C18H23N3O2S2/c1-2-7-19-16(22)11-20-17(23)12-21-8-5-14-13(6-10-25-14)18(21)15-4-3-9-24-15/h3-4,6,9-10,18H,2,5,7-8,11-12H2,1H3,(H,19,22)(H,20,23)/p+1/t18-/m0/s1. The molecule has 5 nitrogen and oxygen atoms in total. The van der Waals surface area contributed by atoms with E-state index < -0.39 is 0 Å². The first-order valence-corrected chi connectivity index (χ1v) is 10.4. The van der Waals surface area contributed by atoms with Gasteiger partial charge in [0, 0.05) is 23.4 Å². The van der Waals surface area contributed by atoms with Gasteiger partial charge in [-0.25, -0.2) is 0 Å². The van der Waals surface area contributed by atoms with E-state index in [1.165, 1.54) is 20.2 Å². The van der Waals surface area contributed by atoms with Gasteiger partial charge in [0.2, 0.25) is 5.91 Å². The molecule has 3 rings (SSSR count). The number of hydrogen-bond acceptors (Lipinski definition) is 4. The second-order valence-corrected chi connectivity index (χ2v) is 8.19. The van der Waals surface area contributed by atoms with Crippen LogP contribution < -0.4 is 15.5 Å². The molecular weight excluding hydrogens is 354 g/mol. The van der Waals surface area contributed by atoms with Crippen molar-refractivity contribution in [3.05, 3.63) is 44.3 Å². The molecule has 2 amide bonds. The summed E-state index contributed by atoms with van der Waals surface area (Å²) >= 11 is 3.55. The Hall–Kier alpha value is -1.70. The van der Waals surface area contributed by atoms with Gasteiger partial charge in [0.25, 0.3) is 5.91 Å². The fourth-order valence-electron chi connectivity index (χ4n) is 3.22. The largest absolute Gasteiger partial charge is 0.355 e. The maximum atomic E-state index is 12.3. The second kappa shape index (κ2) is 8.60. The molecule has 0 radical (unpaired) electrons. The van der Waals surface area contributed by atoms with E-state index in [2.05, 4.69) is 39.6 Å². The summed E-state index contributed by atoms with van der Waals surface area (Å²) in [5, 5.41) is 9.77. The monoisotopic (exact) mass is 378 g/mol. The van der Waals surface area contributed by atoms with Crippen molar-refractivity contribution in [2.75, 3.05) is 26.2 Å². The molecule has 0 aromatic carbocycles. The van der Waals surface area contributed by atoms with E-state index in [9.17, 15) is 9.59 Å². The van der Waals surface area contributed by atoms with Crippen molar-refractivity contribution in [1.29, 1.82) is 0 Å². The van der Waals surface area contributed by atoms with Crippen molar-refractivity contribution in [3.63, 3.8) is 0 Å². The fraction of sp³-hybridized carbons (Fsp3) is 0.444. The predicted molar refractivity (Wildman–Crippen MR) is 101 cm³/mol. The van der Waals surface area contributed by atoms with Crippen molar-refractivity contribution in [1.82, 2.24) is 10.6 Å². The third-order valence-corrected chi connectivity index (χ3v) is 6.34. The summed E-state index contributed by atoms with van der Waals surface area (Å²) in [5.74, 6) is -0.194. The lowest BCUT2D eigenvalue weighted by Gasteiger charge is -2.31. The Kier molecular flexibility index (Phi) is 6.23. The molecule has 0 saturated carbocycles. The lowest BCUT2D eigenvalue weighted by molar-refractivity contribution is -0.919. The number of amides is 2. The van der Waals surface area contributed by atoms with Crippen LogP contribution in [-0.4, -0.2) is 38.0 Å². The fourth-order valence-corrected chi connectivity index (χ4v) is 5.05. The van der Waals surface area contributed by atoms with Crippen molar-refractivity contribution in [3.8, 4) is 0 Å². The summed E-state index contributed by atoms with van der Waals surface area (Å²) in [6.45, 7) is 4.03. The van der Waals surface area contributed by atoms with Gasteiger partial charge in [-0.05, 0) is 29.3 Å². The maximum Gasteiger partial charge on any atom is 0.275 e. The van der Waals surface area contributed by atoms with Crippen LogP contribution in [0.1, 0.15) is 34.7 Å². The van der Waals surface area contributed by atoms with Gasteiger partial charge >= 0.3 is 0 Å². The quantitative estimate of drug-likeness (QED) is 0.673. The Bertz CT molecular complexity index is 712. The molecule has 134 valence electrons. The summed E-state index contributed by atoms with van der Waals surface area (Å²) < 4.78 is 0. The van der Waals surface area contributed by atoms with Crippen LogP contribution in [0.3, 0.4) is 0 Å². The Morgan fingerprint density at radius 2 is 2.08 bits per heavy atom. The van der Waals surface area contributed by atoms with Crippen molar-refractivity contribution in [2.24, 2.45) is 0 Å². The van der Waals surface area contributed by atoms with E-state index in [0.717, 1.165) is 19.4 Å². The molecular formula is C18H24N3O2S2+. The molecule has 7 heteroatoms. The molecule has 1 aliphatic heterocycles. The highest BCUT2D eigenvalue weighted by Crippen LogP contribution is 2.31. The number of rotatable bonds is 7. The van der Waals surface area contributed by atoms with Gasteiger partial charge < -0.3 is 15.5 Å². The first-order valence-electron chi connectivity index (χ1n) is 8.66. The molecule has 2 aromatic heterocycles. The molecule has 3 heterocycles. The molecule has 1 unspecified atom stereocenters. The van der Waals surface area contributed by atoms with Gasteiger partial charge in [-0.1, -0.05) is 13.0 Å². The van der Waals surface area contributed by atoms with Crippen LogP contribution in [0, 0.1) is 0 Å². The van der Waals surface area contributed by atoms with Crippen LogP contribution in [0.25, 0.3) is 0 Å². The van der Waals surface area contributed by atoms with E-state index in [1.54, 1.807) is 22.7 Å². The zero-order valence-corrected chi connectivity index (χ0v) is 16.0. The smallest absolute Gasteiger partial charge is 0.275 e. The molecule has 0 fully saturated rings. The van der Waals surface area contributed by atoms with Crippen LogP contribution in [0.15, 0.2) is 29.0 Å². The summed E-state index contributed by atoms with van der Waals surface area (Å²) in [5.41, 5.74) is 1.35. The predicted octanol–water partition coefficient (Wildman–Crippen LogP) is 0.982. The highest BCUT2D eigenvalue weighted by molar-refractivity contribution is 7.10. The number of carbonyl (C=O) groups excluding carboxylic acids is 2. The lowest BCUT2D eigenvalue weighted by Crippen LogP contribution is -3.14. The van der Waals surface area contributed by atoms with Crippen LogP contribution >= 0.6 is 22.7 Å². The zero-order valence-electron chi connectivity index (χ0n) is 14.3. The number of nitrogens with one attached hydrogen (secondary N) is 3. The van der Waals surface area contributed by atoms with Crippen LogP contribution in [-0.2, 0) is 16.0 Å². The normalized spacial score (nSPS) is 19.2. The summed E-state index contributed by atoms with van der Waals surface area (Å²) in [7, 11) is 0. The summed E-state index contributed by atoms with van der Waals surface area (Å²) in [6, 6.07) is 6.63. The topological polar surface area (TPSA) is 62.6 Å². The number of thiophene rings is 2. The summed E-state index contributed by atoms with van der Waals surface area (Å²) in [6.07, 6.45) is 1.90. The highest BCUT2D eigenvalue weighted by atomic mass is 32.1. The molecule has 3 N–H and O–H groups in total. The van der Waals surface area contributed by atoms with Gasteiger partial charge in [-0.3, -0.25) is 9.59 Å². The van der Waals surface area contributed by atoms with Gasteiger partial charge in [0.1, 0.15) is 6.04 Å². The average Bonchev–Trinajstić information content (AvgIpc) is 3.29. The number of fused-ring (bicyclic) bond motifs is 1. The molecule has 0 bridgehead atoms. The van der Waals surface area contributed by atoms with Gasteiger partial charge in [0.05, 0.1) is 18.0 Å². The number of quaternary nitrogens is 1. The van der Waals surface area contributed by atoms with E-state index >= 15 is 0 Å². The first-order chi connectivity index (χ1) is 12.2. The van der Waals surface area contributed by atoms with Crippen LogP contribution in [0.4, 0.5) is 0 Å². The third-order valence-electron chi connectivity index (χ3n) is 4.41. The number of carbonyl (C=O) groups is 2. The lowest BCUT2D eigenvalue weighted by atomic mass is 9.98. The van der Waals surface area contributed by atoms with Crippen molar-refractivity contribution in [2.45, 2.75) is 25.8 Å². The first kappa shape index (κ1) is 18.1. The van der Waals surface area contributed by atoms with Gasteiger partial charge in [-0.2, -0.15) is 0 Å². The van der Waals surface area contributed by atoms with E-state index in [1.807, 2.05) is 6.92 Å². The second-order valence-electron chi connectivity index (χ2n) is 6.21. The summed E-state index contributed by atoms with van der Waals surface area (Å²) in [4.78, 5) is 28.0. The highest BCUT2D eigenvalue weighted by Gasteiger charge is 2.35. The van der Waals surface area contributed by atoms with Crippen molar-refractivity contribution < 1.29 is 14.5 Å².